The third-order valence-electron chi connectivity index (χ3n) is 6.20. The lowest BCUT2D eigenvalue weighted by atomic mass is 10.1. The zero-order chi connectivity index (χ0) is 26.9. The Morgan fingerprint density at radius 1 is 0.722 bits per heavy atom. The summed E-state index contributed by atoms with van der Waals surface area (Å²) in [6, 6.07) is 0. The van der Waals surface area contributed by atoms with E-state index in [0.717, 1.165) is 18.6 Å². The maximum Gasteiger partial charge on any atom is 0.452 e. The van der Waals surface area contributed by atoms with Gasteiger partial charge >= 0.3 is 13.3 Å². The monoisotopic (exact) mass is 552 g/mol. The van der Waals surface area contributed by atoms with Crippen LogP contribution in [-0.4, -0.2) is 36.0 Å². The van der Waals surface area contributed by atoms with Crippen LogP contribution in [-0.2, 0) is 23.4 Å². The van der Waals surface area contributed by atoms with Gasteiger partial charge in [-0.05, 0) is 38.9 Å². The first-order valence-electron chi connectivity index (χ1n) is 14.8. The van der Waals surface area contributed by atoms with Crippen LogP contribution in [0.5, 0.6) is 0 Å². The van der Waals surface area contributed by atoms with Gasteiger partial charge in [0.15, 0.2) is 0 Å². The molecule has 0 saturated carbocycles. The molecule has 0 aliphatic carbocycles. The van der Waals surface area contributed by atoms with Gasteiger partial charge in [-0.2, -0.15) is 16.6 Å². The van der Waals surface area contributed by atoms with Crippen LogP contribution in [0.3, 0.4) is 0 Å². The topological polar surface area (TPSA) is 71.1 Å². The highest BCUT2D eigenvalue weighted by atomic mass is 32.2. The number of unbranched alkanes of at least 4 members (excludes halogenated alkanes) is 13. The Morgan fingerprint density at radius 3 is 1.78 bits per heavy atom. The molecule has 0 spiro atoms. The van der Waals surface area contributed by atoms with Gasteiger partial charge in [-0.3, -0.25) is 4.89 Å². The number of hydrogen-bond acceptors (Lipinski definition) is 7. The number of thioether (sulfide) groups is 1. The van der Waals surface area contributed by atoms with Crippen LogP contribution in [0.2, 0.25) is 0 Å². The molecule has 8 heteroatoms. The fourth-order valence-electron chi connectivity index (χ4n) is 3.98. The minimum Gasteiger partial charge on any atom is -0.301 e. The summed E-state index contributed by atoms with van der Waals surface area (Å²) in [5.74, 6) is 1.08. The van der Waals surface area contributed by atoms with E-state index < -0.39 is 13.3 Å². The predicted molar refractivity (Wildman–Crippen MR) is 154 cm³/mol. The molecule has 0 rings (SSSR count). The minimum absolute atomic E-state index is 0.0982. The molecular formula is C28H57O6PS. The number of carbonyl (C=O) groups is 1. The first-order chi connectivity index (χ1) is 17.4. The van der Waals surface area contributed by atoms with Gasteiger partial charge in [0, 0.05) is 5.25 Å². The van der Waals surface area contributed by atoms with Gasteiger partial charge in [-0.15, -0.1) is 0 Å². The van der Waals surface area contributed by atoms with Crippen LogP contribution >= 0.6 is 19.4 Å². The van der Waals surface area contributed by atoms with E-state index in [1.54, 1.807) is 6.92 Å². The van der Waals surface area contributed by atoms with Crippen molar-refractivity contribution in [3.8, 4) is 0 Å². The Hall–Kier alpha value is -0.0700. The second-order valence-electron chi connectivity index (χ2n) is 9.69. The van der Waals surface area contributed by atoms with Crippen molar-refractivity contribution in [2.45, 2.75) is 155 Å². The van der Waals surface area contributed by atoms with Gasteiger partial charge in [-0.25, -0.2) is 9.36 Å². The fourth-order valence-corrected chi connectivity index (χ4v) is 6.48. The summed E-state index contributed by atoms with van der Waals surface area (Å²) in [7, 11) is -3.99. The second kappa shape index (κ2) is 25.2. The minimum atomic E-state index is -3.99. The molecule has 36 heavy (non-hydrogen) atoms. The number of carbonyl (C=O) groups excluding carboxylic acids is 1. The zero-order valence-corrected chi connectivity index (χ0v) is 25.8. The van der Waals surface area contributed by atoms with E-state index in [-0.39, 0.29) is 24.6 Å². The molecule has 0 aromatic rings. The molecule has 0 aromatic heterocycles. The highest BCUT2D eigenvalue weighted by molar-refractivity contribution is 7.99. The maximum absolute atomic E-state index is 12.7. The number of hydrogen-bond donors (Lipinski definition) is 0. The SMILES string of the molecule is CCCCCCCCCCSC(CCCCCCCCC)C(C)OOC(=O)P(=O)(OCC)OCCC. The highest BCUT2D eigenvalue weighted by Gasteiger charge is 2.38. The molecule has 0 amide bonds. The van der Waals surface area contributed by atoms with Gasteiger partial charge < -0.3 is 9.05 Å². The molecule has 0 N–H and O–H groups in total. The van der Waals surface area contributed by atoms with E-state index in [0.29, 0.717) is 6.42 Å². The van der Waals surface area contributed by atoms with Crippen LogP contribution in [0.15, 0.2) is 0 Å². The summed E-state index contributed by atoms with van der Waals surface area (Å²) >= 11 is 1.91. The Labute approximate surface area is 227 Å². The predicted octanol–water partition coefficient (Wildman–Crippen LogP) is 10.5. The molecule has 6 nitrogen and oxygen atoms in total. The Balaban J connectivity index is 4.59. The summed E-state index contributed by atoms with van der Waals surface area (Å²) in [5.41, 5.74) is -1.06. The molecule has 0 bridgehead atoms. The van der Waals surface area contributed by atoms with Crippen LogP contribution in [0.25, 0.3) is 0 Å². The normalized spacial score (nSPS) is 14.9. The smallest absolute Gasteiger partial charge is 0.301 e. The standard InChI is InChI=1S/C28H57O6PS/c1-6-10-12-14-16-18-20-22-25-36-27(23-21-19-17-15-13-11-7-2)26(5)33-34-28(29)35(30,31-9-4)32-24-8-3/h26-27H,6-25H2,1-5H3. The molecule has 0 aromatic carbocycles. The van der Waals surface area contributed by atoms with Crippen LogP contribution < -0.4 is 0 Å². The Bertz CT molecular complexity index is 548. The average molecular weight is 553 g/mol. The van der Waals surface area contributed by atoms with Gasteiger partial charge in [-0.1, -0.05) is 111 Å². The molecule has 0 heterocycles. The first kappa shape index (κ1) is 35.9. The maximum atomic E-state index is 12.7. The van der Waals surface area contributed by atoms with E-state index in [4.69, 9.17) is 18.8 Å². The number of rotatable bonds is 27. The van der Waals surface area contributed by atoms with Crippen LogP contribution in [0.4, 0.5) is 4.79 Å². The second-order valence-corrected chi connectivity index (χ2v) is 12.9. The molecule has 3 atom stereocenters. The Kier molecular flexibility index (Phi) is 25.2. The lowest BCUT2D eigenvalue weighted by Crippen LogP contribution is -2.25. The summed E-state index contributed by atoms with van der Waals surface area (Å²) in [6.07, 6.45) is 20.6. The molecule has 0 radical (unpaired) electrons. The molecule has 3 unspecified atom stereocenters. The Morgan fingerprint density at radius 2 is 1.25 bits per heavy atom. The van der Waals surface area contributed by atoms with E-state index in [9.17, 15) is 9.36 Å². The largest absolute Gasteiger partial charge is 0.452 e. The molecule has 216 valence electrons. The van der Waals surface area contributed by atoms with Crippen molar-refractivity contribution in [3.05, 3.63) is 0 Å². The van der Waals surface area contributed by atoms with Gasteiger partial charge in [0.25, 0.3) is 0 Å². The van der Waals surface area contributed by atoms with Crippen molar-refractivity contribution in [1.82, 2.24) is 0 Å². The average Bonchev–Trinajstić information content (AvgIpc) is 2.87. The lowest BCUT2D eigenvalue weighted by Gasteiger charge is -2.23. The summed E-state index contributed by atoms with van der Waals surface area (Å²) < 4.78 is 23.0. The quantitative estimate of drug-likeness (QED) is 0.0434. The molecular weight excluding hydrogens is 495 g/mol. The van der Waals surface area contributed by atoms with Crippen molar-refractivity contribution in [1.29, 1.82) is 0 Å². The van der Waals surface area contributed by atoms with E-state index in [1.807, 2.05) is 25.6 Å². The summed E-state index contributed by atoms with van der Waals surface area (Å²) in [4.78, 5) is 22.9. The van der Waals surface area contributed by atoms with E-state index in [1.165, 1.54) is 89.9 Å². The third-order valence-corrected chi connectivity index (χ3v) is 9.42. The van der Waals surface area contributed by atoms with Crippen LogP contribution in [0, 0.1) is 0 Å². The van der Waals surface area contributed by atoms with Gasteiger partial charge in [0.05, 0.1) is 13.2 Å². The molecule has 0 aliphatic rings. The molecule has 0 aliphatic heterocycles. The summed E-state index contributed by atoms with van der Waals surface area (Å²) in [6.45, 7) is 10.2. The zero-order valence-electron chi connectivity index (χ0n) is 24.1. The van der Waals surface area contributed by atoms with Gasteiger partial charge in [0.2, 0.25) is 0 Å². The highest BCUT2D eigenvalue weighted by Crippen LogP contribution is 2.50. The fraction of sp³-hybridized carbons (Fsp3) is 0.964. The van der Waals surface area contributed by atoms with Gasteiger partial charge in [0.1, 0.15) is 6.10 Å². The van der Waals surface area contributed by atoms with Crippen molar-refractivity contribution < 1.29 is 28.2 Å². The van der Waals surface area contributed by atoms with Crippen molar-refractivity contribution in [3.63, 3.8) is 0 Å². The van der Waals surface area contributed by atoms with Crippen LogP contribution in [0.1, 0.15) is 144 Å². The lowest BCUT2D eigenvalue weighted by molar-refractivity contribution is -0.262. The van der Waals surface area contributed by atoms with Crippen molar-refractivity contribution in [2.24, 2.45) is 0 Å². The van der Waals surface area contributed by atoms with E-state index in [2.05, 4.69) is 13.8 Å². The summed E-state index contributed by atoms with van der Waals surface area (Å²) in [5, 5.41) is 0.223. The first-order valence-corrected chi connectivity index (χ1v) is 17.4. The van der Waals surface area contributed by atoms with Crippen molar-refractivity contribution in [2.75, 3.05) is 19.0 Å². The van der Waals surface area contributed by atoms with Crippen molar-refractivity contribution >= 4 is 25.1 Å². The third kappa shape index (κ3) is 19.1. The molecule has 0 fully saturated rings. The van der Waals surface area contributed by atoms with E-state index >= 15 is 0 Å². The molecule has 0 saturated heterocycles.